The Kier molecular flexibility index (Phi) is 4.42. The maximum Gasteiger partial charge on any atom is 0.0638 e. The molecule has 0 aliphatic carbocycles. The maximum absolute atomic E-state index is 6.09. The van der Waals surface area contributed by atoms with Gasteiger partial charge in [-0.25, -0.2) is 0 Å². The van der Waals surface area contributed by atoms with Crippen LogP contribution in [0.25, 0.3) is 0 Å². The highest BCUT2D eigenvalue weighted by atomic mass is 79.9. The molecule has 88 valence electrons. The van der Waals surface area contributed by atoms with Crippen LogP contribution in [-0.4, -0.2) is 4.98 Å². The molecule has 0 aliphatic rings. The second kappa shape index (κ2) is 5.85. The van der Waals surface area contributed by atoms with Gasteiger partial charge in [0.2, 0.25) is 0 Å². The Morgan fingerprint density at radius 2 is 1.94 bits per heavy atom. The highest BCUT2D eigenvalue weighted by molar-refractivity contribution is 9.10. The fourth-order valence-corrected chi connectivity index (χ4v) is 2.34. The van der Waals surface area contributed by atoms with Crippen molar-refractivity contribution in [2.75, 3.05) is 5.32 Å². The highest BCUT2D eigenvalue weighted by Crippen LogP contribution is 2.26. The Morgan fingerprint density at radius 1 is 1.12 bits per heavy atom. The third kappa shape index (κ3) is 3.69. The molecule has 0 bridgehead atoms. The van der Waals surface area contributed by atoms with E-state index < -0.39 is 0 Å². The molecule has 0 unspecified atom stereocenters. The minimum atomic E-state index is 0.683. The molecule has 17 heavy (non-hydrogen) atoms. The first kappa shape index (κ1) is 12.9. The summed E-state index contributed by atoms with van der Waals surface area (Å²) in [5.74, 6) is 0. The minimum absolute atomic E-state index is 0.683. The lowest BCUT2D eigenvalue weighted by molar-refractivity contribution is 1.11. The van der Waals surface area contributed by atoms with Crippen molar-refractivity contribution in [1.29, 1.82) is 0 Å². The van der Waals surface area contributed by atoms with Gasteiger partial charge in [-0.1, -0.05) is 27.5 Å². The van der Waals surface area contributed by atoms with Crippen molar-refractivity contribution >= 4 is 49.1 Å². The number of hydrogen-bond acceptors (Lipinski definition) is 2. The number of anilines is 1. The van der Waals surface area contributed by atoms with E-state index in [1.165, 1.54) is 0 Å². The third-order valence-corrected chi connectivity index (χ3v) is 3.43. The van der Waals surface area contributed by atoms with E-state index in [-0.39, 0.29) is 0 Å². The molecule has 1 N–H and O–H groups in total. The minimum Gasteiger partial charge on any atom is -0.380 e. The van der Waals surface area contributed by atoms with E-state index in [0.29, 0.717) is 11.6 Å². The first-order valence-corrected chi connectivity index (χ1v) is 6.90. The average Bonchev–Trinajstić information content (AvgIpc) is 2.30. The van der Waals surface area contributed by atoms with E-state index in [9.17, 15) is 0 Å². The van der Waals surface area contributed by atoms with Crippen LogP contribution in [0.4, 0.5) is 5.69 Å². The summed E-state index contributed by atoms with van der Waals surface area (Å²) in [5.41, 5.74) is 2.00. The summed E-state index contributed by atoms with van der Waals surface area (Å²) < 4.78 is 1.97. The van der Waals surface area contributed by atoms with Gasteiger partial charge in [-0.3, -0.25) is 4.98 Å². The van der Waals surface area contributed by atoms with Crippen LogP contribution >= 0.6 is 43.5 Å². The second-order valence-corrected chi connectivity index (χ2v) is 5.73. The quantitative estimate of drug-likeness (QED) is 0.826. The number of rotatable bonds is 3. The molecule has 2 rings (SSSR count). The van der Waals surface area contributed by atoms with Crippen molar-refractivity contribution in [3.63, 3.8) is 0 Å². The number of halogens is 3. The van der Waals surface area contributed by atoms with Gasteiger partial charge in [0.25, 0.3) is 0 Å². The summed E-state index contributed by atoms with van der Waals surface area (Å²) in [5, 5.41) is 3.98. The normalized spacial score (nSPS) is 10.3. The fraction of sp³-hybridized carbons (Fsp3) is 0.0833. The van der Waals surface area contributed by atoms with Gasteiger partial charge in [0, 0.05) is 27.9 Å². The van der Waals surface area contributed by atoms with Crippen LogP contribution < -0.4 is 5.32 Å². The summed E-state index contributed by atoms with van der Waals surface area (Å²) in [7, 11) is 0. The van der Waals surface area contributed by atoms with E-state index in [0.717, 1.165) is 20.2 Å². The maximum atomic E-state index is 6.09. The van der Waals surface area contributed by atoms with E-state index >= 15 is 0 Å². The van der Waals surface area contributed by atoms with Crippen molar-refractivity contribution in [1.82, 2.24) is 4.98 Å². The van der Waals surface area contributed by atoms with Gasteiger partial charge in [-0.05, 0) is 45.8 Å². The molecule has 0 atom stereocenters. The van der Waals surface area contributed by atoms with Gasteiger partial charge in [0.15, 0.2) is 0 Å². The Bertz CT molecular complexity index is 532. The molecule has 0 fully saturated rings. The summed E-state index contributed by atoms with van der Waals surface area (Å²) in [4.78, 5) is 4.11. The molecule has 5 heteroatoms. The van der Waals surface area contributed by atoms with Crippen LogP contribution in [-0.2, 0) is 6.54 Å². The van der Waals surface area contributed by atoms with E-state index in [1.807, 2.05) is 30.5 Å². The molecular formula is C12H9Br2ClN2. The van der Waals surface area contributed by atoms with E-state index in [1.54, 1.807) is 6.20 Å². The zero-order chi connectivity index (χ0) is 12.3. The standard InChI is InChI=1S/C12H9Br2ClN2/c13-9-1-2-11(15)12(4-9)17-6-8-3-10(14)7-16-5-8/h1-5,7,17H,6H2. The first-order valence-electron chi connectivity index (χ1n) is 4.93. The summed E-state index contributed by atoms with van der Waals surface area (Å²) >= 11 is 12.9. The third-order valence-electron chi connectivity index (χ3n) is 2.17. The zero-order valence-corrected chi connectivity index (χ0v) is 12.7. The SMILES string of the molecule is Clc1ccc(Br)cc1NCc1cncc(Br)c1. The van der Waals surface area contributed by atoms with E-state index in [4.69, 9.17) is 11.6 Å². The summed E-state index contributed by atoms with van der Waals surface area (Å²) in [6, 6.07) is 7.74. The molecule has 0 saturated heterocycles. The van der Waals surface area contributed by atoms with E-state index in [2.05, 4.69) is 42.2 Å². The molecule has 1 aromatic heterocycles. The van der Waals surface area contributed by atoms with Crippen LogP contribution in [0.15, 0.2) is 45.6 Å². The van der Waals surface area contributed by atoms with Gasteiger partial charge in [0.1, 0.15) is 0 Å². The number of nitrogens with zero attached hydrogens (tertiary/aromatic N) is 1. The number of nitrogens with one attached hydrogen (secondary N) is 1. The second-order valence-electron chi connectivity index (χ2n) is 3.49. The van der Waals surface area contributed by atoms with Crippen molar-refractivity contribution < 1.29 is 0 Å². The molecule has 2 nitrogen and oxygen atoms in total. The van der Waals surface area contributed by atoms with Gasteiger partial charge in [-0.15, -0.1) is 0 Å². The lowest BCUT2D eigenvalue weighted by Gasteiger charge is -2.08. The molecule has 0 spiro atoms. The lowest BCUT2D eigenvalue weighted by Crippen LogP contribution is -2.00. The Balaban J connectivity index is 2.09. The Hall–Kier alpha value is -0.580. The number of pyridine rings is 1. The molecule has 2 aromatic rings. The molecule has 0 aliphatic heterocycles. The Morgan fingerprint density at radius 3 is 2.71 bits per heavy atom. The molecule has 1 aromatic carbocycles. The van der Waals surface area contributed by atoms with Crippen LogP contribution in [0, 0.1) is 0 Å². The molecule has 0 amide bonds. The van der Waals surface area contributed by atoms with Gasteiger partial charge < -0.3 is 5.32 Å². The predicted molar refractivity (Wildman–Crippen MR) is 78.4 cm³/mol. The summed E-state index contributed by atoms with van der Waals surface area (Å²) in [6.07, 6.45) is 3.58. The first-order chi connectivity index (χ1) is 8.15. The van der Waals surface area contributed by atoms with Crippen molar-refractivity contribution in [3.05, 3.63) is 56.2 Å². The molecule has 0 radical (unpaired) electrons. The number of aromatic nitrogens is 1. The highest BCUT2D eigenvalue weighted by Gasteiger charge is 2.01. The molecule has 1 heterocycles. The fourth-order valence-electron chi connectivity index (χ4n) is 1.38. The topological polar surface area (TPSA) is 24.9 Å². The number of benzene rings is 1. The zero-order valence-electron chi connectivity index (χ0n) is 8.75. The van der Waals surface area contributed by atoms with Gasteiger partial charge in [-0.2, -0.15) is 0 Å². The average molecular weight is 376 g/mol. The smallest absolute Gasteiger partial charge is 0.0638 e. The van der Waals surface area contributed by atoms with Crippen LogP contribution in [0.1, 0.15) is 5.56 Å². The van der Waals surface area contributed by atoms with Gasteiger partial charge in [0.05, 0.1) is 10.7 Å². The predicted octanol–water partition coefficient (Wildman–Crippen LogP) is 4.87. The molecular weight excluding hydrogens is 367 g/mol. The number of hydrogen-bond donors (Lipinski definition) is 1. The molecule has 0 saturated carbocycles. The van der Waals surface area contributed by atoms with Crippen LogP contribution in [0.5, 0.6) is 0 Å². The summed E-state index contributed by atoms with van der Waals surface area (Å²) in [6.45, 7) is 0.683. The lowest BCUT2D eigenvalue weighted by atomic mass is 10.2. The largest absolute Gasteiger partial charge is 0.380 e. The van der Waals surface area contributed by atoms with Crippen molar-refractivity contribution in [3.8, 4) is 0 Å². The van der Waals surface area contributed by atoms with Crippen LogP contribution in [0.2, 0.25) is 5.02 Å². The van der Waals surface area contributed by atoms with Crippen LogP contribution in [0.3, 0.4) is 0 Å². The monoisotopic (exact) mass is 374 g/mol. The van der Waals surface area contributed by atoms with Gasteiger partial charge >= 0.3 is 0 Å². The van der Waals surface area contributed by atoms with Crippen molar-refractivity contribution in [2.45, 2.75) is 6.54 Å². The Labute approximate surface area is 122 Å². The van der Waals surface area contributed by atoms with Crippen molar-refractivity contribution in [2.24, 2.45) is 0 Å².